The molecule has 0 bridgehead atoms. The van der Waals surface area contributed by atoms with E-state index < -0.39 is 124 Å². The van der Waals surface area contributed by atoms with Crippen LogP contribution < -0.4 is 5.32 Å². The Hall–Kier alpha value is -1.47. The fourth-order valence-electron chi connectivity index (χ4n) is 14.4. The van der Waals surface area contributed by atoms with Gasteiger partial charge in [0.25, 0.3) is 0 Å². The molecule has 17 unspecified atom stereocenters. The zero-order valence-electron chi connectivity index (χ0n) is 62.8. The summed E-state index contributed by atoms with van der Waals surface area (Å²) in [4.78, 5) is 13.5. The summed E-state index contributed by atoms with van der Waals surface area (Å²) in [5, 5.41) is 121. The maximum atomic E-state index is 13.5. The van der Waals surface area contributed by atoms with Gasteiger partial charge in [-0.05, 0) is 19.3 Å². The Kier molecular flexibility index (Phi) is 57.1. The molecule has 1 amide bonds. The van der Waals surface area contributed by atoms with E-state index in [9.17, 15) is 61.0 Å². The van der Waals surface area contributed by atoms with Gasteiger partial charge in [-0.1, -0.05) is 347 Å². The minimum absolute atomic E-state index is 0.250. The zero-order chi connectivity index (χ0) is 71.8. The molecule has 3 heterocycles. The molecule has 0 aromatic carbocycles. The van der Waals surface area contributed by atoms with Crippen molar-refractivity contribution in [2.45, 2.75) is 465 Å². The second kappa shape index (κ2) is 61.7. The lowest BCUT2D eigenvalue weighted by atomic mass is 9.96. The van der Waals surface area contributed by atoms with Crippen LogP contribution >= 0.6 is 0 Å². The molecule has 0 aromatic rings. The van der Waals surface area contributed by atoms with Gasteiger partial charge in [0.05, 0.1) is 38.6 Å². The van der Waals surface area contributed by atoms with Crippen molar-refractivity contribution in [3.63, 3.8) is 0 Å². The number of nitrogens with one attached hydrogen (secondary N) is 1. The Morgan fingerprint density at radius 2 is 0.626 bits per heavy atom. The monoisotopic (exact) mass is 1420 g/mol. The second-order valence-corrected chi connectivity index (χ2v) is 30.0. The van der Waals surface area contributed by atoms with Crippen molar-refractivity contribution in [3.05, 3.63) is 12.2 Å². The maximum absolute atomic E-state index is 13.5. The Balaban J connectivity index is 1.36. The molecule has 19 nitrogen and oxygen atoms in total. The molecule has 586 valence electrons. The highest BCUT2D eigenvalue weighted by Gasteiger charge is 2.54. The van der Waals surface area contributed by atoms with Crippen molar-refractivity contribution in [3.8, 4) is 0 Å². The number of aliphatic hydroxyl groups is 11. The molecule has 3 rings (SSSR count). The summed E-state index contributed by atoms with van der Waals surface area (Å²) in [5.41, 5.74) is 0. The minimum atomic E-state index is -1.98. The van der Waals surface area contributed by atoms with E-state index in [1.54, 1.807) is 6.08 Å². The lowest BCUT2D eigenvalue weighted by Crippen LogP contribution is -2.66. The number of carbonyl (C=O) groups is 1. The highest BCUT2D eigenvalue weighted by atomic mass is 16.8. The fourth-order valence-corrected chi connectivity index (χ4v) is 14.4. The predicted molar refractivity (Wildman–Crippen MR) is 393 cm³/mol. The summed E-state index contributed by atoms with van der Waals surface area (Å²) in [5.74, 6) is -0.266. The number of allylic oxidation sites excluding steroid dienone is 1. The van der Waals surface area contributed by atoms with E-state index in [4.69, 9.17) is 28.4 Å². The number of carbonyl (C=O) groups excluding carboxylic acids is 1. The van der Waals surface area contributed by atoms with Crippen LogP contribution in [0, 0.1) is 0 Å². The number of aliphatic hydroxyl groups excluding tert-OH is 11. The number of hydrogen-bond acceptors (Lipinski definition) is 18. The molecule has 3 aliphatic heterocycles. The zero-order valence-corrected chi connectivity index (χ0v) is 62.8. The van der Waals surface area contributed by atoms with Crippen LogP contribution in [0.1, 0.15) is 361 Å². The topological polar surface area (TPSA) is 307 Å². The van der Waals surface area contributed by atoms with Crippen LogP contribution in [0.4, 0.5) is 0 Å². The van der Waals surface area contributed by atoms with Crippen LogP contribution in [-0.4, -0.2) is 193 Å². The molecular formula is C80H153NO18. The SMILES string of the molecule is CCCCCCCCCCCCCCCCCCCCCCCC/C=C/C(O)C(COC1OC(CO)C(OC2OC(CO)C(OC3OC(CO)C(O)C(O)C3O)C(O)C2O)C(O)C1O)NC(=O)CCCCCCCCCCCCCCCCCCCCCCCCCCCCCCCC. The van der Waals surface area contributed by atoms with Crippen molar-refractivity contribution in [2.75, 3.05) is 26.4 Å². The third-order valence-electron chi connectivity index (χ3n) is 21.1. The van der Waals surface area contributed by atoms with Gasteiger partial charge < -0.3 is 89.9 Å². The summed E-state index contributed by atoms with van der Waals surface area (Å²) in [6.07, 6.45) is 46.3. The number of rotatable bonds is 67. The molecule has 99 heavy (non-hydrogen) atoms. The molecule has 0 saturated carbocycles. The summed E-state index contributed by atoms with van der Waals surface area (Å²) in [6.45, 7) is 1.81. The minimum Gasteiger partial charge on any atom is -0.394 e. The summed E-state index contributed by atoms with van der Waals surface area (Å²) < 4.78 is 34.5. The van der Waals surface area contributed by atoms with Crippen molar-refractivity contribution in [2.24, 2.45) is 0 Å². The highest BCUT2D eigenvalue weighted by Crippen LogP contribution is 2.33. The van der Waals surface area contributed by atoms with Crippen molar-refractivity contribution >= 4 is 5.91 Å². The Labute approximate surface area is 601 Å². The van der Waals surface area contributed by atoms with Crippen LogP contribution in [0.25, 0.3) is 0 Å². The summed E-state index contributed by atoms with van der Waals surface area (Å²) in [7, 11) is 0. The fraction of sp³-hybridized carbons (Fsp3) is 0.963. The Morgan fingerprint density at radius 1 is 0.354 bits per heavy atom. The number of amides is 1. The maximum Gasteiger partial charge on any atom is 0.220 e. The first-order valence-corrected chi connectivity index (χ1v) is 41.4. The van der Waals surface area contributed by atoms with Gasteiger partial charge in [-0.15, -0.1) is 0 Å². The molecule has 3 fully saturated rings. The molecule has 3 aliphatic rings. The van der Waals surface area contributed by atoms with Crippen molar-refractivity contribution < 1.29 is 89.4 Å². The first-order valence-electron chi connectivity index (χ1n) is 41.4. The normalized spacial score (nSPS) is 26.6. The van der Waals surface area contributed by atoms with E-state index in [2.05, 4.69) is 19.2 Å². The first kappa shape index (κ1) is 91.7. The molecular weight excluding hydrogens is 1260 g/mol. The van der Waals surface area contributed by atoms with Crippen LogP contribution in [0.15, 0.2) is 12.2 Å². The first-order chi connectivity index (χ1) is 48.3. The second-order valence-electron chi connectivity index (χ2n) is 30.0. The average Bonchev–Trinajstić information content (AvgIpc) is 0.882. The molecule has 3 saturated heterocycles. The molecule has 17 atom stereocenters. The third-order valence-corrected chi connectivity index (χ3v) is 21.1. The van der Waals surface area contributed by atoms with Gasteiger partial charge in [0.1, 0.15) is 73.2 Å². The number of ether oxygens (including phenoxy) is 6. The molecule has 12 N–H and O–H groups in total. The van der Waals surface area contributed by atoms with Crippen LogP contribution in [0.2, 0.25) is 0 Å². The number of hydrogen-bond donors (Lipinski definition) is 12. The quantitative estimate of drug-likeness (QED) is 0.0199. The van der Waals surface area contributed by atoms with Crippen LogP contribution in [0.3, 0.4) is 0 Å². The van der Waals surface area contributed by atoms with E-state index in [1.807, 2.05) is 6.08 Å². The van der Waals surface area contributed by atoms with E-state index in [0.29, 0.717) is 6.42 Å². The van der Waals surface area contributed by atoms with E-state index in [1.165, 1.54) is 289 Å². The average molecular weight is 1420 g/mol. The van der Waals surface area contributed by atoms with Gasteiger partial charge >= 0.3 is 0 Å². The highest BCUT2D eigenvalue weighted by molar-refractivity contribution is 5.76. The smallest absolute Gasteiger partial charge is 0.220 e. The lowest BCUT2D eigenvalue weighted by Gasteiger charge is -2.48. The molecule has 19 heteroatoms. The standard InChI is InChI=1S/C80H153NO18/c1-3-5-7-9-11-13-15-17-19-21-23-25-27-29-30-31-32-33-34-36-38-40-42-44-46-48-50-52-54-56-58-68(86)81-63(64(85)57-55-53-51-49-47-45-43-41-39-37-35-28-26-24-22-20-18-16-14-12-10-8-6-4-2)62-94-78-74(92)71(89)76(66(60-83)96-78)99-80-75(93)72(90)77(67(61-84)97-80)98-79-73(91)70(88)69(87)65(59-82)95-79/h55,57,63-67,69-80,82-85,87-93H,3-54,56,58-62H2,1-2H3,(H,81,86)/b57-55+. The molecule has 0 spiro atoms. The number of unbranched alkanes of at least 4 members (excludes halogenated alkanes) is 51. The largest absolute Gasteiger partial charge is 0.394 e. The van der Waals surface area contributed by atoms with E-state index in [0.717, 1.165) is 44.9 Å². The Bertz CT molecular complexity index is 1840. The van der Waals surface area contributed by atoms with Crippen molar-refractivity contribution in [1.82, 2.24) is 5.32 Å². The van der Waals surface area contributed by atoms with Gasteiger partial charge in [0.15, 0.2) is 18.9 Å². The summed E-state index contributed by atoms with van der Waals surface area (Å²) in [6, 6.07) is -0.970. The van der Waals surface area contributed by atoms with Gasteiger partial charge in [0.2, 0.25) is 5.91 Å². The van der Waals surface area contributed by atoms with Crippen LogP contribution in [0.5, 0.6) is 0 Å². The van der Waals surface area contributed by atoms with E-state index in [-0.39, 0.29) is 18.9 Å². The van der Waals surface area contributed by atoms with Gasteiger partial charge in [-0.25, -0.2) is 0 Å². The lowest BCUT2D eigenvalue weighted by molar-refractivity contribution is -0.379. The molecule has 0 radical (unpaired) electrons. The third kappa shape index (κ3) is 41.9. The molecule has 0 aromatic heterocycles. The van der Waals surface area contributed by atoms with E-state index >= 15 is 0 Å². The summed E-state index contributed by atoms with van der Waals surface area (Å²) >= 11 is 0. The van der Waals surface area contributed by atoms with Gasteiger partial charge in [0, 0.05) is 6.42 Å². The van der Waals surface area contributed by atoms with Gasteiger partial charge in [-0.3, -0.25) is 4.79 Å². The van der Waals surface area contributed by atoms with Crippen molar-refractivity contribution in [1.29, 1.82) is 0 Å². The van der Waals surface area contributed by atoms with Crippen LogP contribution in [-0.2, 0) is 33.2 Å². The Morgan fingerprint density at radius 3 is 0.949 bits per heavy atom. The van der Waals surface area contributed by atoms with Gasteiger partial charge in [-0.2, -0.15) is 0 Å². The predicted octanol–water partition coefficient (Wildman–Crippen LogP) is 14.0. The molecule has 0 aliphatic carbocycles.